The fourth-order valence-electron chi connectivity index (χ4n) is 4.38. The minimum atomic E-state index is -0.239. The largest absolute Gasteiger partial charge is 0.339 e. The van der Waals surface area contributed by atoms with Crippen molar-refractivity contribution in [3.63, 3.8) is 0 Å². The van der Waals surface area contributed by atoms with Crippen molar-refractivity contribution >= 4 is 28.0 Å². The van der Waals surface area contributed by atoms with E-state index in [-0.39, 0.29) is 23.8 Å². The Kier molecular flexibility index (Phi) is 6.26. The molecule has 0 spiro atoms. The fourth-order valence-corrected chi connectivity index (χ4v) is 5.46. The van der Waals surface area contributed by atoms with Gasteiger partial charge in [0.15, 0.2) is 0 Å². The van der Waals surface area contributed by atoms with Gasteiger partial charge < -0.3 is 4.90 Å². The van der Waals surface area contributed by atoms with E-state index in [0.717, 1.165) is 35.6 Å². The number of hydrogen-bond acceptors (Lipinski definition) is 5. The van der Waals surface area contributed by atoms with Gasteiger partial charge in [0.05, 0.1) is 11.1 Å². The van der Waals surface area contributed by atoms with Crippen LogP contribution in [0.4, 0.5) is 4.39 Å². The number of piperazine rings is 1. The fraction of sp³-hybridized carbons (Fsp3) is 0.269. The van der Waals surface area contributed by atoms with Crippen LogP contribution in [0.25, 0.3) is 21.2 Å². The molecule has 1 aliphatic rings. The first kappa shape index (κ1) is 22.4. The van der Waals surface area contributed by atoms with Crippen LogP contribution in [0.2, 0.25) is 0 Å². The highest BCUT2D eigenvalue weighted by molar-refractivity contribution is 7.15. The zero-order chi connectivity index (χ0) is 23.7. The molecule has 0 atom stereocenters. The molecular formula is C26H25FN4O2S. The summed E-state index contributed by atoms with van der Waals surface area (Å²) in [6, 6.07) is 18.2. The van der Waals surface area contributed by atoms with E-state index in [1.807, 2.05) is 43.3 Å². The van der Waals surface area contributed by atoms with E-state index in [2.05, 4.69) is 10.00 Å². The van der Waals surface area contributed by atoms with Gasteiger partial charge in [0.2, 0.25) is 5.91 Å². The van der Waals surface area contributed by atoms with Crippen LogP contribution in [-0.4, -0.2) is 51.7 Å². The molecule has 1 fully saturated rings. The van der Waals surface area contributed by atoms with Crippen LogP contribution in [0.15, 0.2) is 65.5 Å². The monoisotopic (exact) mass is 476 g/mol. The molecule has 5 rings (SSSR count). The van der Waals surface area contributed by atoms with Crippen molar-refractivity contribution in [1.29, 1.82) is 0 Å². The normalized spacial score (nSPS) is 14.6. The van der Waals surface area contributed by atoms with Gasteiger partial charge >= 0.3 is 0 Å². The third-order valence-electron chi connectivity index (χ3n) is 6.24. The Hall–Kier alpha value is -3.36. The summed E-state index contributed by atoms with van der Waals surface area (Å²) < 4.78 is 15.4. The lowest BCUT2D eigenvalue weighted by Crippen LogP contribution is -2.49. The number of rotatable bonds is 5. The van der Waals surface area contributed by atoms with Gasteiger partial charge in [-0.15, -0.1) is 11.3 Å². The summed E-state index contributed by atoms with van der Waals surface area (Å²) in [6.45, 7) is 5.27. The Balaban J connectivity index is 1.20. The molecule has 0 radical (unpaired) electrons. The predicted molar refractivity (Wildman–Crippen MR) is 132 cm³/mol. The van der Waals surface area contributed by atoms with E-state index in [0.29, 0.717) is 24.0 Å². The lowest BCUT2D eigenvalue weighted by Gasteiger charge is -2.34. The SMILES string of the molecule is Cc1nn(CC(=O)N2CCN(Cc3ccc(-c4ccccc4F)s3)CC2)c(=O)c2ccccc12. The summed E-state index contributed by atoms with van der Waals surface area (Å²) in [5, 5.41) is 5.76. The third-order valence-corrected chi connectivity index (χ3v) is 7.35. The van der Waals surface area contributed by atoms with Crippen LogP contribution in [-0.2, 0) is 17.9 Å². The predicted octanol–water partition coefficient (Wildman–Crippen LogP) is 3.92. The average molecular weight is 477 g/mol. The topological polar surface area (TPSA) is 58.4 Å². The van der Waals surface area contributed by atoms with Crippen molar-refractivity contribution in [1.82, 2.24) is 19.6 Å². The first-order valence-electron chi connectivity index (χ1n) is 11.3. The maximum Gasteiger partial charge on any atom is 0.275 e. The number of nitrogens with zero attached hydrogens (tertiary/aromatic N) is 4. The number of benzene rings is 2. The van der Waals surface area contributed by atoms with Crippen molar-refractivity contribution < 1.29 is 9.18 Å². The molecule has 0 aliphatic carbocycles. The number of thiophene rings is 1. The number of amides is 1. The van der Waals surface area contributed by atoms with Crippen molar-refractivity contribution in [2.45, 2.75) is 20.0 Å². The molecule has 2 aromatic heterocycles. The van der Waals surface area contributed by atoms with Gasteiger partial charge in [-0.3, -0.25) is 14.5 Å². The summed E-state index contributed by atoms with van der Waals surface area (Å²) in [5.41, 5.74) is 1.12. The summed E-state index contributed by atoms with van der Waals surface area (Å²) in [6.07, 6.45) is 0. The molecule has 1 saturated heterocycles. The first-order chi connectivity index (χ1) is 16.5. The highest BCUT2D eigenvalue weighted by atomic mass is 32.1. The summed E-state index contributed by atoms with van der Waals surface area (Å²) in [7, 11) is 0. The maximum absolute atomic E-state index is 14.1. The summed E-state index contributed by atoms with van der Waals surface area (Å²) >= 11 is 1.60. The second-order valence-corrected chi connectivity index (χ2v) is 9.66. The molecule has 0 unspecified atom stereocenters. The Morgan fingerprint density at radius 2 is 1.68 bits per heavy atom. The van der Waals surface area contributed by atoms with Gasteiger partial charge in [0, 0.05) is 53.4 Å². The van der Waals surface area contributed by atoms with E-state index in [1.165, 1.54) is 15.6 Å². The summed E-state index contributed by atoms with van der Waals surface area (Å²) in [5.74, 6) is -0.305. The van der Waals surface area contributed by atoms with Gasteiger partial charge in [-0.05, 0) is 31.2 Å². The van der Waals surface area contributed by atoms with Gasteiger partial charge in [0.25, 0.3) is 5.56 Å². The van der Waals surface area contributed by atoms with E-state index in [4.69, 9.17) is 0 Å². The number of hydrogen-bond donors (Lipinski definition) is 0. The minimum absolute atomic E-state index is 0.0541. The molecular weight excluding hydrogens is 451 g/mol. The Labute approximate surface area is 200 Å². The highest BCUT2D eigenvalue weighted by Gasteiger charge is 2.23. The molecule has 3 heterocycles. The molecule has 1 amide bonds. The van der Waals surface area contributed by atoms with E-state index in [9.17, 15) is 14.0 Å². The van der Waals surface area contributed by atoms with Crippen LogP contribution in [0, 0.1) is 12.7 Å². The Bertz CT molecular complexity index is 1410. The molecule has 0 N–H and O–H groups in total. The van der Waals surface area contributed by atoms with Crippen LogP contribution in [0.1, 0.15) is 10.6 Å². The lowest BCUT2D eigenvalue weighted by molar-refractivity contribution is -0.133. The highest BCUT2D eigenvalue weighted by Crippen LogP contribution is 2.30. The van der Waals surface area contributed by atoms with Crippen molar-refractivity contribution in [3.05, 3.63) is 87.4 Å². The molecule has 1 aliphatic heterocycles. The molecule has 0 saturated carbocycles. The maximum atomic E-state index is 14.1. The molecule has 2 aromatic carbocycles. The number of aromatic nitrogens is 2. The number of aryl methyl sites for hydroxylation is 1. The second-order valence-electron chi connectivity index (χ2n) is 8.50. The number of carbonyl (C=O) groups excluding carboxylic acids is 1. The summed E-state index contributed by atoms with van der Waals surface area (Å²) in [4.78, 5) is 31.9. The second kappa shape index (κ2) is 9.48. The van der Waals surface area contributed by atoms with Crippen LogP contribution in [0.5, 0.6) is 0 Å². The van der Waals surface area contributed by atoms with Crippen molar-refractivity contribution in [3.8, 4) is 10.4 Å². The lowest BCUT2D eigenvalue weighted by atomic mass is 10.1. The van der Waals surface area contributed by atoms with Gasteiger partial charge in [-0.1, -0.05) is 36.4 Å². The van der Waals surface area contributed by atoms with Crippen LogP contribution in [0.3, 0.4) is 0 Å². The van der Waals surface area contributed by atoms with Crippen LogP contribution < -0.4 is 5.56 Å². The van der Waals surface area contributed by atoms with Crippen LogP contribution >= 0.6 is 11.3 Å². The van der Waals surface area contributed by atoms with E-state index < -0.39 is 0 Å². The third kappa shape index (κ3) is 4.51. The quantitative estimate of drug-likeness (QED) is 0.438. The molecule has 0 bridgehead atoms. The van der Waals surface area contributed by atoms with Crippen molar-refractivity contribution in [2.75, 3.05) is 26.2 Å². The molecule has 174 valence electrons. The average Bonchev–Trinajstić information content (AvgIpc) is 3.31. The number of halogens is 1. The zero-order valence-electron chi connectivity index (χ0n) is 18.9. The van der Waals surface area contributed by atoms with Gasteiger partial charge in [-0.2, -0.15) is 5.10 Å². The van der Waals surface area contributed by atoms with E-state index >= 15 is 0 Å². The number of fused-ring (bicyclic) bond motifs is 1. The standard InChI is InChI=1S/C26H25FN4O2S/c1-18-20-6-2-3-7-21(20)26(33)31(28-18)17-25(32)30-14-12-29(13-15-30)16-19-10-11-24(34-19)22-8-4-5-9-23(22)27/h2-11H,12-17H2,1H3. The number of carbonyl (C=O) groups is 1. The van der Waals surface area contributed by atoms with E-state index in [1.54, 1.807) is 34.4 Å². The smallest absolute Gasteiger partial charge is 0.275 e. The van der Waals surface area contributed by atoms with Gasteiger partial charge in [0.1, 0.15) is 12.4 Å². The Morgan fingerprint density at radius 3 is 2.44 bits per heavy atom. The zero-order valence-corrected chi connectivity index (χ0v) is 19.7. The Morgan fingerprint density at radius 1 is 0.971 bits per heavy atom. The van der Waals surface area contributed by atoms with Crippen molar-refractivity contribution in [2.24, 2.45) is 0 Å². The molecule has 6 nitrogen and oxygen atoms in total. The van der Waals surface area contributed by atoms with Gasteiger partial charge in [-0.25, -0.2) is 9.07 Å². The molecule has 4 aromatic rings. The molecule has 8 heteroatoms. The minimum Gasteiger partial charge on any atom is -0.339 e. The molecule has 34 heavy (non-hydrogen) atoms. The first-order valence-corrected chi connectivity index (χ1v) is 12.1.